The Morgan fingerprint density at radius 3 is 2.63 bits per heavy atom. The second kappa shape index (κ2) is 5.91. The fourth-order valence-electron chi connectivity index (χ4n) is 2.08. The van der Waals surface area contributed by atoms with E-state index in [0.29, 0.717) is 22.5 Å². The van der Waals surface area contributed by atoms with E-state index >= 15 is 0 Å². The maximum atomic E-state index is 12.7. The van der Waals surface area contributed by atoms with Gasteiger partial charge in [-0.05, 0) is 52.9 Å². The van der Waals surface area contributed by atoms with Crippen molar-refractivity contribution in [3.63, 3.8) is 0 Å². The van der Waals surface area contributed by atoms with Crippen molar-refractivity contribution in [3.8, 4) is 0 Å². The number of hydrogen-bond donors (Lipinski definition) is 1. The van der Waals surface area contributed by atoms with E-state index in [4.69, 9.17) is 5.73 Å². The van der Waals surface area contributed by atoms with Crippen molar-refractivity contribution in [2.45, 2.75) is 43.7 Å². The van der Waals surface area contributed by atoms with E-state index in [-0.39, 0.29) is 6.04 Å². The number of nitrogens with zero attached hydrogens (tertiary/aromatic N) is 1. The van der Waals surface area contributed by atoms with Crippen LogP contribution in [0.2, 0.25) is 0 Å². The minimum Gasteiger partial charge on any atom is -0.326 e. The second-order valence-electron chi connectivity index (χ2n) is 4.82. The molecule has 4 nitrogen and oxygen atoms in total. The van der Waals surface area contributed by atoms with Gasteiger partial charge in [-0.1, -0.05) is 13.0 Å². The van der Waals surface area contributed by atoms with E-state index in [2.05, 4.69) is 15.9 Å². The third kappa shape index (κ3) is 3.18. The summed E-state index contributed by atoms with van der Waals surface area (Å²) in [6.07, 6.45) is 2.75. The lowest BCUT2D eigenvalue weighted by Crippen LogP contribution is -2.34. The van der Waals surface area contributed by atoms with Gasteiger partial charge in [-0.3, -0.25) is 0 Å². The summed E-state index contributed by atoms with van der Waals surface area (Å²) in [7, 11) is -3.43. The number of rotatable bonds is 6. The first-order chi connectivity index (χ1) is 9.00. The predicted molar refractivity (Wildman–Crippen MR) is 79.2 cm³/mol. The van der Waals surface area contributed by atoms with Crippen molar-refractivity contribution >= 4 is 26.0 Å². The van der Waals surface area contributed by atoms with Gasteiger partial charge >= 0.3 is 0 Å². The van der Waals surface area contributed by atoms with E-state index in [1.165, 1.54) is 0 Å². The van der Waals surface area contributed by atoms with Crippen LogP contribution >= 0.6 is 15.9 Å². The molecule has 2 rings (SSSR count). The van der Waals surface area contributed by atoms with E-state index in [0.717, 1.165) is 24.8 Å². The number of nitrogens with two attached hydrogens (primary N) is 1. The number of hydrogen-bond acceptors (Lipinski definition) is 3. The SMILES string of the molecule is CCCN(C1CC1)S(=O)(=O)c1cc(CN)ccc1Br. The zero-order valence-electron chi connectivity index (χ0n) is 11.0. The molecule has 0 aliphatic heterocycles. The second-order valence-corrected chi connectivity index (χ2v) is 7.53. The highest BCUT2D eigenvalue weighted by atomic mass is 79.9. The Bertz CT molecular complexity index is 556. The molecule has 0 spiro atoms. The molecule has 1 aromatic rings. The largest absolute Gasteiger partial charge is 0.326 e. The van der Waals surface area contributed by atoms with Crippen molar-refractivity contribution in [1.82, 2.24) is 4.31 Å². The smallest absolute Gasteiger partial charge is 0.244 e. The van der Waals surface area contributed by atoms with Gasteiger partial charge in [-0.15, -0.1) is 0 Å². The van der Waals surface area contributed by atoms with Crippen LogP contribution in [0.5, 0.6) is 0 Å². The average Bonchev–Trinajstić information content (AvgIpc) is 3.20. The van der Waals surface area contributed by atoms with Crippen molar-refractivity contribution in [3.05, 3.63) is 28.2 Å². The van der Waals surface area contributed by atoms with Crippen molar-refractivity contribution in [2.24, 2.45) is 5.73 Å². The lowest BCUT2D eigenvalue weighted by Gasteiger charge is -2.22. The van der Waals surface area contributed by atoms with Gasteiger partial charge in [0.25, 0.3) is 0 Å². The molecule has 1 fully saturated rings. The highest BCUT2D eigenvalue weighted by Crippen LogP contribution is 2.34. The normalized spacial score (nSPS) is 16.0. The standard InChI is InChI=1S/C13H19BrN2O2S/c1-2-7-16(11-4-5-11)19(17,18)13-8-10(9-15)3-6-12(13)14/h3,6,8,11H,2,4-5,7,9,15H2,1H3. The van der Waals surface area contributed by atoms with Gasteiger partial charge in [0.2, 0.25) is 10.0 Å². The van der Waals surface area contributed by atoms with Crippen LogP contribution in [-0.2, 0) is 16.6 Å². The van der Waals surface area contributed by atoms with Crippen LogP contribution in [0.25, 0.3) is 0 Å². The van der Waals surface area contributed by atoms with Crippen LogP contribution in [0.3, 0.4) is 0 Å². The van der Waals surface area contributed by atoms with Crippen molar-refractivity contribution in [1.29, 1.82) is 0 Å². The Labute approximate surface area is 123 Å². The molecule has 0 amide bonds. The van der Waals surface area contributed by atoms with Gasteiger partial charge in [0.15, 0.2) is 0 Å². The monoisotopic (exact) mass is 346 g/mol. The van der Waals surface area contributed by atoms with Crippen molar-refractivity contribution < 1.29 is 8.42 Å². The van der Waals surface area contributed by atoms with Crippen LogP contribution in [-0.4, -0.2) is 25.3 Å². The van der Waals surface area contributed by atoms with Gasteiger partial charge in [-0.2, -0.15) is 4.31 Å². The molecule has 1 aliphatic carbocycles. The van der Waals surface area contributed by atoms with Gasteiger partial charge in [0.1, 0.15) is 0 Å². The third-order valence-corrected chi connectivity index (χ3v) is 6.16. The molecule has 0 heterocycles. The molecule has 0 unspecified atom stereocenters. The van der Waals surface area contributed by atoms with Gasteiger partial charge in [0, 0.05) is 23.6 Å². The summed E-state index contributed by atoms with van der Waals surface area (Å²) in [6.45, 7) is 2.91. The summed E-state index contributed by atoms with van der Waals surface area (Å²) in [4.78, 5) is 0.329. The summed E-state index contributed by atoms with van der Waals surface area (Å²) in [5, 5.41) is 0. The topological polar surface area (TPSA) is 63.4 Å². The van der Waals surface area contributed by atoms with Crippen LogP contribution in [0.4, 0.5) is 0 Å². The number of benzene rings is 1. The Morgan fingerprint density at radius 2 is 2.11 bits per heavy atom. The Morgan fingerprint density at radius 1 is 1.42 bits per heavy atom. The van der Waals surface area contributed by atoms with E-state index in [1.807, 2.05) is 13.0 Å². The molecule has 0 atom stereocenters. The maximum absolute atomic E-state index is 12.7. The number of halogens is 1. The van der Waals surface area contributed by atoms with Gasteiger partial charge < -0.3 is 5.73 Å². The van der Waals surface area contributed by atoms with E-state index < -0.39 is 10.0 Å². The lowest BCUT2D eigenvalue weighted by atomic mass is 10.2. The van der Waals surface area contributed by atoms with Gasteiger partial charge in [-0.25, -0.2) is 8.42 Å². The summed E-state index contributed by atoms with van der Waals surface area (Å²) >= 11 is 3.34. The average molecular weight is 347 g/mol. The van der Waals surface area contributed by atoms with Crippen molar-refractivity contribution in [2.75, 3.05) is 6.54 Å². The Hall–Kier alpha value is -0.430. The molecular formula is C13H19BrN2O2S. The fourth-order valence-corrected chi connectivity index (χ4v) is 4.83. The first-order valence-electron chi connectivity index (χ1n) is 6.51. The Balaban J connectivity index is 2.42. The minimum atomic E-state index is -3.43. The molecule has 1 aromatic carbocycles. The summed E-state index contributed by atoms with van der Waals surface area (Å²) in [6, 6.07) is 5.44. The molecule has 106 valence electrons. The highest BCUT2D eigenvalue weighted by molar-refractivity contribution is 9.10. The zero-order valence-corrected chi connectivity index (χ0v) is 13.4. The molecule has 0 radical (unpaired) electrons. The molecular weight excluding hydrogens is 328 g/mol. The maximum Gasteiger partial charge on any atom is 0.244 e. The number of sulfonamides is 1. The molecule has 0 aromatic heterocycles. The van der Waals surface area contributed by atoms with Gasteiger partial charge in [0.05, 0.1) is 4.90 Å². The fraction of sp³-hybridized carbons (Fsp3) is 0.538. The first-order valence-corrected chi connectivity index (χ1v) is 8.74. The molecule has 0 bridgehead atoms. The summed E-state index contributed by atoms with van der Waals surface area (Å²) in [5.74, 6) is 0. The summed E-state index contributed by atoms with van der Waals surface area (Å²) < 4.78 is 27.7. The van der Waals surface area contributed by atoms with E-state index in [9.17, 15) is 8.42 Å². The lowest BCUT2D eigenvalue weighted by molar-refractivity contribution is 0.403. The van der Waals surface area contributed by atoms with E-state index in [1.54, 1.807) is 16.4 Å². The first kappa shape index (κ1) is 15.0. The molecule has 1 saturated carbocycles. The minimum absolute atomic E-state index is 0.179. The molecule has 2 N–H and O–H groups in total. The predicted octanol–water partition coefficient (Wildman–Crippen LogP) is 2.47. The highest BCUT2D eigenvalue weighted by Gasteiger charge is 2.38. The molecule has 6 heteroatoms. The van der Waals surface area contributed by atoms with Crippen LogP contribution < -0.4 is 5.73 Å². The quantitative estimate of drug-likeness (QED) is 0.860. The van der Waals surface area contributed by atoms with Crippen LogP contribution in [0.15, 0.2) is 27.6 Å². The molecule has 0 saturated heterocycles. The van der Waals surface area contributed by atoms with Crippen LogP contribution in [0, 0.1) is 0 Å². The zero-order chi connectivity index (χ0) is 14.0. The summed E-state index contributed by atoms with van der Waals surface area (Å²) in [5.41, 5.74) is 6.42. The van der Waals surface area contributed by atoms with Crippen LogP contribution in [0.1, 0.15) is 31.7 Å². The third-order valence-electron chi connectivity index (χ3n) is 3.22. The Kier molecular flexibility index (Phi) is 4.66. The molecule has 19 heavy (non-hydrogen) atoms. The molecule has 1 aliphatic rings.